The lowest BCUT2D eigenvalue weighted by Crippen LogP contribution is -2.60. The number of fused-ring (bicyclic) bond motifs is 1. The molecule has 3 aromatic carbocycles. The van der Waals surface area contributed by atoms with Crippen LogP contribution in [-0.2, 0) is 27.3 Å². The smallest absolute Gasteiger partial charge is 0.254 e. The van der Waals surface area contributed by atoms with Crippen LogP contribution in [0.1, 0.15) is 54.7 Å². The molecule has 0 radical (unpaired) electrons. The summed E-state index contributed by atoms with van der Waals surface area (Å²) in [5.41, 5.74) is 3.85. The average molecular weight is 696 g/mol. The molecule has 1 aromatic heterocycles. The molecule has 2 unspecified atom stereocenters. The Hall–Kier alpha value is -4.74. The summed E-state index contributed by atoms with van der Waals surface area (Å²) in [6.45, 7) is 9.69. The minimum atomic E-state index is -1.67. The number of aliphatic hydroxyl groups is 1. The zero-order chi connectivity index (χ0) is 36.0. The van der Waals surface area contributed by atoms with Crippen LogP contribution in [-0.4, -0.2) is 73.5 Å². The van der Waals surface area contributed by atoms with Crippen molar-refractivity contribution < 1.29 is 24.3 Å². The number of nitrogens with zero attached hydrogens (tertiary/aromatic N) is 2. The zero-order valence-electron chi connectivity index (χ0n) is 29.1. The van der Waals surface area contributed by atoms with E-state index < -0.39 is 46.7 Å². The van der Waals surface area contributed by atoms with Crippen LogP contribution in [0.15, 0.2) is 91.1 Å². The Kier molecular flexibility index (Phi) is 11.6. The van der Waals surface area contributed by atoms with Gasteiger partial charge in [0, 0.05) is 22.9 Å². The van der Waals surface area contributed by atoms with Gasteiger partial charge in [0.1, 0.15) is 12.1 Å². The van der Waals surface area contributed by atoms with Crippen LogP contribution in [0.4, 0.5) is 0 Å². The molecule has 262 valence electrons. The van der Waals surface area contributed by atoms with Crippen molar-refractivity contribution in [3.05, 3.63) is 113 Å². The van der Waals surface area contributed by atoms with Crippen molar-refractivity contribution in [2.24, 2.45) is 5.92 Å². The second-order valence-corrected chi connectivity index (χ2v) is 15.2. The molecule has 4 aromatic rings. The molecule has 1 fully saturated rings. The Morgan fingerprint density at radius 3 is 2.36 bits per heavy atom. The third-order valence-corrected chi connectivity index (χ3v) is 10.5. The van der Waals surface area contributed by atoms with Crippen LogP contribution in [0.5, 0.6) is 0 Å². The molecular formula is C39H45N5O5S. The van der Waals surface area contributed by atoms with E-state index in [9.17, 15) is 24.3 Å². The number of carbonyl (C=O) groups is 4. The third kappa shape index (κ3) is 8.51. The van der Waals surface area contributed by atoms with E-state index in [4.69, 9.17) is 0 Å². The monoisotopic (exact) mass is 695 g/mol. The quantitative estimate of drug-likeness (QED) is 0.173. The van der Waals surface area contributed by atoms with Crippen molar-refractivity contribution in [2.75, 3.05) is 5.88 Å². The predicted octanol–water partition coefficient (Wildman–Crippen LogP) is 4.38. The topological polar surface area (TPSA) is 141 Å². The number of hydrogen-bond acceptors (Lipinski definition) is 7. The van der Waals surface area contributed by atoms with E-state index in [0.29, 0.717) is 12.1 Å². The summed E-state index contributed by atoms with van der Waals surface area (Å²) < 4.78 is -0.631. The number of aryl methyl sites for hydroxylation is 1. The first-order valence-corrected chi connectivity index (χ1v) is 17.8. The number of aromatic nitrogens is 1. The minimum absolute atomic E-state index is 0.140. The summed E-state index contributed by atoms with van der Waals surface area (Å²) in [5.74, 6) is -2.12. The van der Waals surface area contributed by atoms with Crippen molar-refractivity contribution in [1.29, 1.82) is 0 Å². The van der Waals surface area contributed by atoms with Crippen molar-refractivity contribution in [3.8, 4) is 0 Å². The second kappa shape index (κ2) is 15.9. The number of hydrogen-bond donors (Lipinski definition) is 4. The van der Waals surface area contributed by atoms with E-state index in [1.54, 1.807) is 19.9 Å². The standard InChI is InChI=1S/C39H45N5O5S/c1-24(2)32(43-35(46)29-20-27-16-11-12-18-30(27)40-22-29)36(47)42-31(19-26-14-7-6-8-15-26)33(45)38(49)44-23-50-39(4,5)34(44)37(48)41-21-28-17-10-9-13-25(28)3/h6-18,20,22,24,31-34,45H,19,21,23H2,1-5H3,(H,41,48)(H,42,47)(H,43,46)/t31-,32?,33-,34?/m0/s1. The van der Waals surface area contributed by atoms with Gasteiger partial charge < -0.3 is 26.0 Å². The normalized spacial score (nSPS) is 17.2. The maximum Gasteiger partial charge on any atom is 0.254 e. The van der Waals surface area contributed by atoms with E-state index in [1.165, 1.54) is 22.9 Å². The SMILES string of the molecule is Cc1ccccc1CNC(=O)C1N(C(=O)[C@@H](O)[C@H](Cc2ccccc2)NC(=O)C(NC(=O)c2cnc3ccccc3c2)C(C)C)CSC1(C)C. The number of carbonyl (C=O) groups excluding carboxylic acids is 4. The Morgan fingerprint density at radius 2 is 1.64 bits per heavy atom. The van der Waals surface area contributed by atoms with Gasteiger partial charge in [-0.15, -0.1) is 11.8 Å². The molecule has 0 spiro atoms. The van der Waals surface area contributed by atoms with Gasteiger partial charge in [-0.05, 0) is 61.9 Å². The van der Waals surface area contributed by atoms with Crippen molar-refractivity contribution >= 4 is 46.3 Å². The molecule has 1 aliphatic rings. The van der Waals surface area contributed by atoms with Gasteiger partial charge in [0.15, 0.2) is 6.10 Å². The van der Waals surface area contributed by atoms with Gasteiger partial charge in [-0.3, -0.25) is 24.2 Å². The number of aliphatic hydroxyl groups excluding tert-OH is 1. The number of amides is 4. The second-order valence-electron chi connectivity index (χ2n) is 13.6. The van der Waals surface area contributed by atoms with Crippen LogP contribution in [0.3, 0.4) is 0 Å². The zero-order valence-corrected chi connectivity index (χ0v) is 29.9. The van der Waals surface area contributed by atoms with Crippen molar-refractivity contribution in [3.63, 3.8) is 0 Å². The van der Waals surface area contributed by atoms with E-state index >= 15 is 0 Å². The fourth-order valence-electron chi connectivity index (χ4n) is 6.18. The maximum absolute atomic E-state index is 14.1. The Balaban J connectivity index is 1.34. The lowest BCUT2D eigenvalue weighted by molar-refractivity contribution is -0.148. The molecule has 5 rings (SSSR count). The molecule has 1 saturated heterocycles. The van der Waals surface area contributed by atoms with E-state index in [1.807, 2.05) is 99.6 Å². The summed E-state index contributed by atoms with van der Waals surface area (Å²) in [7, 11) is 0. The number of rotatable bonds is 12. The highest BCUT2D eigenvalue weighted by Gasteiger charge is 2.50. The first kappa shape index (κ1) is 36.5. The van der Waals surface area contributed by atoms with Gasteiger partial charge in [-0.1, -0.05) is 86.6 Å². The molecule has 1 aliphatic heterocycles. The Labute approximate surface area is 297 Å². The molecule has 4 amide bonds. The Bertz CT molecular complexity index is 1850. The molecule has 2 heterocycles. The number of thioether (sulfide) groups is 1. The lowest BCUT2D eigenvalue weighted by atomic mass is 9.96. The number of pyridine rings is 1. The summed E-state index contributed by atoms with van der Waals surface area (Å²) in [6, 6.07) is 23.3. The van der Waals surface area contributed by atoms with Gasteiger partial charge in [0.05, 0.1) is 23.0 Å². The van der Waals surface area contributed by atoms with Crippen LogP contribution in [0, 0.1) is 12.8 Å². The molecule has 0 aliphatic carbocycles. The molecule has 10 nitrogen and oxygen atoms in total. The molecule has 4 atom stereocenters. The fraction of sp³-hybridized carbons (Fsp3) is 0.359. The summed E-state index contributed by atoms with van der Waals surface area (Å²) in [5, 5.41) is 21.2. The highest BCUT2D eigenvalue weighted by atomic mass is 32.2. The largest absolute Gasteiger partial charge is 0.381 e. The molecule has 11 heteroatoms. The van der Waals surface area contributed by atoms with Crippen LogP contribution >= 0.6 is 11.8 Å². The fourth-order valence-corrected chi connectivity index (χ4v) is 7.32. The molecule has 0 bridgehead atoms. The van der Waals surface area contributed by atoms with Crippen LogP contribution in [0.25, 0.3) is 10.9 Å². The van der Waals surface area contributed by atoms with E-state index in [-0.39, 0.29) is 24.1 Å². The number of benzene rings is 3. The maximum atomic E-state index is 14.1. The molecule has 0 saturated carbocycles. The van der Waals surface area contributed by atoms with Crippen LogP contribution in [0.2, 0.25) is 0 Å². The highest BCUT2D eigenvalue weighted by Crippen LogP contribution is 2.40. The van der Waals surface area contributed by atoms with E-state index in [2.05, 4.69) is 20.9 Å². The van der Waals surface area contributed by atoms with Crippen molar-refractivity contribution in [1.82, 2.24) is 25.8 Å². The number of para-hydroxylation sites is 1. The first-order valence-electron chi connectivity index (χ1n) is 16.8. The highest BCUT2D eigenvalue weighted by molar-refractivity contribution is 8.00. The van der Waals surface area contributed by atoms with Gasteiger partial charge in [0.2, 0.25) is 11.8 Å². The average Bonchev–Trinajstić information content (AvgIpc) is 3.43. The molecule has 50 heavy (non-hydrogen) atoms. The van der Waals surface area contributed by atoms with Crippen LogP contribution < -0.4 is 16.0 Å². The molecule has 4 N–H and O–H groups in total. The summed E-state index contributed by atoms with van der Waals surface area (Å²) in [6.07, 6.45) is -0.0634. The number of nitrogens with one attached hydrogen (secondary N) is 3. The van der Waals surface area contributed by atoms with Gasteiger partial charge in [-0.2, -0.15) is 0 Å². The van der Waals surface area contributed by atoms with Crippen molar-refractivity contribution in [2.45, 2.75) is 76.6 Å². The third-order valence-electron chi connectivity index (χ3n) is 9.14. The summed E-state index contributed by atoms with van der Waals surface area (Å²) >= 11 is 1.45. The van der Waals surface area contributed by atoms with Gasteiger partial charge in [-0.25, -0.2) is 0 Å². The summed E-state index contributed by atoms with van der Waals surface area (Å²) in [4.78, 5) is 60.8. The Morgan fingerprint density at radius 1 is 0.960 bits per heavy atom. The minimum Gasteiger partial charge on any atom is -0.381 e. The predicted molar refractivity (Wildman–Crippen MR) is 196 cm³/mol. The first-order chi connectivity index (χ1) is 23.9. The van der Waals surface area contributed by atoms with Gasteiger partial charge >= 0.3 is 0 Å². The van der Waals surface area contributed by atoms with E-state index in [0.717, 1.165) is 27.6 Å². The van der Waals surface area contributed by atoms with Gasteiger partial charge in [0.25, 0.3) is 11.8 Å². The molecular weight excluding hydrogens is 651 g/mol. The lowest BCUT2D eigenvalue weighted by Gasteiger charge is -2.34.